The van der Waals surface area contributed by atoms with Crippen molar-refractivity contribution >= 4 is 32.6 Å². The third kappa shape index (κ3) is 2.89. The zero-order chi connectivity index (χ0) is 16.8. The van der Waals surface area contributed by atoms with E-state index in [4.69, 9.17) is 4.98 Å². The van der Waals surface area contributed by atoms with Gasteiger partial charge in [0.15, 0.2) is 5.13 Å². The van der Waals surface area contributed by atoms with Crippen LogP contribution < -0.4 is 10.2 Å². The predicted octanol–water partition coefficient (Wildman–Crippen LogP) is 3.75. The Kier molecular flexibility index (Phi) is 3.48. The van der Waals surface area contributed by atoms with Gasteiger partial charge in [-0.1, -0.05) is 35.6 Å². The van der Waals surface area contributed by atoms with Gasteiger partial charge < -0.3 is 10.2 Å². The van der Waals surface area contributed by atoms with Crippen molar-refractivity contribution in [3.05, 3.63) is 59.2 Å². The highest BCUT2D eigenvalue weighted by Gasteiger charge is 2.24. The Morgan fingerprint density at radius 1 is 1.16 bits per heavy atom. The van der Waals surface area contributed by atoms with Crippen LogP contribution in [0.2, 0.25) is 0 Å². The first kappa shape index (κ1) is 14.9. The van der Waals surface area contributed by atoms with Gasteiger partial charge in [0.1, 0.15) is 0 Å². The second-order valence-electron chi connectivity index (χ2n) is 6.87. The molecule has 0 bridgehead atoms. The number of nitrogens with zero attached hydrogens (tertiary/aromatic N) is 2. The monoisotopic (exact) mass is 349 g/mol. The first-order valence-corrected chi connectivity index (χ1v) is 9.61. The maximum Gasteiger partial charge on any atom is 0.251 e. The van der Waals surface area contributed by atoms with E-state index >= 15 is 0 Å². The molecule has 5 rings (SSSR count). The number of hydrogen-bond donors (Lipinski definition) is 1. The topological polar surface area (TPSA) is 45.2 Å². The van der Waals surface area contributed by atoms with Crippen molar-refractivity contribution in [2.24, 2.45) is 0 Å². The molecule has 2 aromatic carbocycles. The molecule has 2 heterocycles. The van der Waals surface area contributed by atoms with Gasteiger partial charge >= 0.3 is 0 Å². The van der Waals surface area contributed by atoms with Crippen LogP contribution in [-0.4, -0.2) is 23.5 Å². The summed E-state index contributed by atoms with van der Waals surface area (Å²) in [5, 5.41) is 4.10. The van der Waals surface area contributed by atoms with Crippen molar-refractivity contribution in [1.82, 2.24) is 10.3 Å². The van der Waals surface area contributed by atoms with Crippen LogP contribution in [0.3, 0.4) is 0 Å². The second kappa shape index (κ2) is 5.85. The summed E-state index contributed by atoms with van der Waals surface area (Å²) in [7, 11) is 0. The van der Waals surface area contributed by atoms with Crippen LogP contribution in [0.15, 0.2) is 42.5 Å². The highest BCUT2D eigenvalue weighted by atomic mass is 32.1. The summed E-state index contributed by atoms with van der Waals surface area (Å²) in [6.45, 7) is 1.90. The molecule has 5 heteroatoms. The van der Waals surface area contributed by atoms with Crippen molar-refractivity contribution in [3.8, 4) is 0 Å². The lowest BCUT2D eigenvalue weighted by Crippen LogP contribution is -2.30. The van der Waals surface area contributed by atoms with Crippen LogP contribution in [0.1, 0.15) is 34.3 Å². The molecule has 0 radical (unpaired) electrons. The number of fused-ring (bicyclic) bond motifs is 2. The van der Waals surface area contributed by atoms with Gasteiger partial charge in [-0.3, -0.25) is 4.79 Å². The lowest BCUT2D eigenvalue weighted by Gasteiger charge is -2.28. The number of hydrogen-bond acceptors (Lipinski definition) is 4. The van der Waals surface area contributed by atoms with Gasteiger partial charge in [0.05, 0.1) is 10.2 Å². The maximum atomic E-state index is 12.2. The molecule has 1 amide bonds. The Morgan fingerprint density at radius 2 is 2.00 bits per heavy atom. The van der Waals surface area contributed by atoms with Crippen LogP contribution in [0, 0.1) is 0 Å². The van der Waals surface area contributed by atoms with E-state index in [0.717, 1.165) is 53.3 Å². The number of aromatic nitrogens is 1. The number of nitrogens with one attached hydrogen (secondary N) is 1. The van der Waals surface area contributed by atoms with Crippen molar-refractivity contribution < 1.29 is 4.79 Å². The number of thiazole rings is 1. The zero-order valence-electron chi connectivity index (χ0n) is 13.9. The van der Waals surface area contributed by atoms with Gasteiger partial charge in [0, 0.05) is 24.7 Å². The van der Waals surface area contributed by atoms with Crippen molar-refractivity contribution in [3.63, 3.8) is 0 Å². The fraction of sp³-hybridized carbons (Fsp3) is 0.300. The summed E-state index contributed by atoms with van der Waals surface area (Å²) in [6.07, 6.45) is 3.27. The normalized spacial score (nSPS) is 16.7. The third-order valence-corrected chi connectivity index (χ3v) is 6.03. The average Bonchev–Trinajstić information content (AvgIpc) is 3.35. The Morgan fingerprint density at radius 3 is 2.84 bits per heavy atom. The lowest BCUT2D eigenvalue weighted by atomic mass is 10.0. The molecule has 1 aromatic heterocycles. The predicted molar refractivity (Wildman–Crippen MR) is 101 cm³/mol. The maximum absolute atomic E-state index is 12.2. The molecule has 4 nitrogen and oxygen atoms in total. The summed E-state index contributed by atoms with van der Waals surface area (Å²) in [4.78, 5) is 19.4. The standard InChI is InChI=1S/C20H19N3OS/c24-19(21-16-6-7-16)14-5-8-17-18(11-14)25-20(22-17)23-10-9-13-3-1-2-4-15(13)12-23/h1-5,8,11,16H,6-7,9-10,12H2,(H,21,24). The number of anilines is 1. The molecule has 0 unspecified atom stereocenters. The SMILES string of the molecule is O=C(NC1CC1)c1ccc2nc(N3CCc4ccccc4C3)sc2c1. The molecular formula is C20H19N3OS. The molecule has 1 aliphatic carbocycles. The van der Waals surface area contributed by atoms with Crippen LogP contribution in [-0.2, 0) is 13.0 Å². The van der Waals surface area contributed by atoms with E-state index in [1.54, 1.807) is 11.3 Å². The van der Waals surface area contributed by atoms with E-state index in [2.05, 4.69) is 34.5 Å². The number of amides is 1. The summed E-state index contributed by atoms with van der Waals surface area (Å²) < 4.78 is 1.08. The first-order valence-electron chi connectivity index (χ1n) is 8.79. The van der Waals surface area contributed by atoms with E-state index in [1.165, 1.54) is 11.1 Å². The highest BCUT2D eigenvalue weighted by Crippen LogP contribution is 2.32. The van der Waals surface area contributed by atoms with Crippen molar-refractivity contribution in [2.75, 3.05) is 11.4 Å². The third-order valence-electron chi connectivity index (χ3n) is 4.95. The van der Waals surface area contributed by atoms with Gasteiger partial charge in [-0.15, -0.1) is 0 Å². The number of carbonyl (C=O) groups excluding carboxylic acids is 1. The lowest BCUT2D eigenvalue weighted by molar-refractivity contribution is 0.0951. The Bertz CT molecular complexity index is 960. The van der Waals surface area contributed by atoms with Crippen molar-refractivity contribution in [1.29, 1.82) is 0 Å². The molecule has 126 valence electrons. The van der Waals surface area contributed by atoms with E-state index in [1.807, 2.05) is 18.2 Å². The highest BCUT2D eigenvalue weighted by molar-refractivity contribution is 7.22. The van der Waals surface area contributed by atoms with Gasteiger partial charge in [0.2, 0.25) is 0 Å². The first-order chi connectivity index (χ1) is 12.3. The van der Waals surface area contributed by atoms with Gasteiger partial charge in [-0.25, -0.2) is 4.98 Å². The second-order valence-corrected chi connectivity index (χ2v) is 7.88. The average molecular weight is 349 g/mol. The van der Waals surface area contributed by atoms with E-state index < -0.39 is 0 Å². The number of benzene rings is 2. The molecule has 2 aliphatic rings. The molecule has 1 N–H and O–H groups in total. The zero-order valence-corrected chi connectivity index (χ0v) is 14.7. The molecular weight excluding hydrogens is 330 g/mol. The largest absolute Gasteiger partial charge is 0.349 e. The Balaban J connectivity index is 1.42. The quantitative estimate of drug-likeness (QED) is 0.783. The molecule has 25 heavy (non-hydrogen) atoms. The van der Waals surface area contributed by atoms with Gasteiger partial charge in [-0.05, 0) is 48.6 Å². The van der Waals surface area contributed by atoms with E-state index in [-0.39, 0.29) is 5.91 Å². The van der Waals surface area contributed by atoms with E-state index in [0.29, 0.717) is 6.04 Å². The number of carbonyl (C=O) groups is 1. The summed E-state index contributed by atoms with van der Waals surface area (Å²) in [6, 6.07) is 14.8. The van der Waals surface area contributed by atoms with Crippen LogP contribution in [0.5, 0.6) is 0 Å². The molecule has 3 aromatic rings. The van der Waals surface area contributed by atoms with Crippen LogP contribution in [0.4, 0.5) is 5.13 Å². The smallest absolute Gasteiger partial charge is 0.251 e. The fourth-order valence-corrected chi connectivity index (χ4v) is 4.37. The van der Waals surface area contributed by atoms with Crippen LogP contribution >= 0.6 is 11.3 Å². The molecule has 0 spiro atoms. The molecule has 1 saturated carbocycles. The number of rotatable bonds is 3. The van der Waals surface area contributed by atoms with Gasteiger partial charge in [0.25, 0.3) is 5.91 Å². The molecule has 1 aliphatic heterocycles. The minimum absolute atomic E-state index is 0.0336. The van der Waals surface area contributed by atoms with Crippen molar-refractivity contribution in [2.45, 2.75) is 31.8 Å². The summed E-state index contributed by atoms with van der Waals surface area (Å²) in [5.74, 6) is 0.0336. The Hall–Kier alpha value is -2.40. The van der Waals surface area contributed by atoms with Gasteiger partial charge in [-0.2, -0.15) is 0 Å². The Labute approximate surface area is 150 Å². The summed E-state index contributed by atoms with van der Waals surface area (Å²) >= 11 is 1.68. The molecule has 0 saturated heterocycles. The fourth-order valence-electron chi connectivity index (χ4n) is 3.34. The molecule has 0 atom stereocenters. The molecule has 1 fully saturated rings. The van der Waals surface area contributed by atoms with E-state index in [9.17, 15) is 4.79 Å². The van der Waals surface area contributed by atoms with Crippen LogP contribution in [0.25, 0.3) is 10.2 Å². The minimum atomic E-state index is 0.0336. The summed E-state index contributed by atoms with van der Waals surface area (Å²) in [5.41, 5.74) is 4.54. The minimum Gasteiger partial charge on any atom is -0.349 e.